The van der Waals surface area contributed by atoms with Crippen LogP contribution < -0.4 is 10.6 Å². The van der Waals surface area contributed by atoms with Crippen LogP contribution in [0.2, 0.25) is 5.15 Å². The second kappa shape index (κ2) is 6.85. The smallest absolute Gasteiger partial charge is 0.251 e. The van der Waals surface area contributed by atoms with Gasteiger partial charge in [-0.05, 0) is 19.1 Å². The molecule has 0 atom stereocenters. The van der Waals surface area contributed by atoms with Crippen LogP contribution in [0, 0.1) is 0 Å². The SMILES string of the molecule is CCNc1cc(C(=O)NCCn2ccnn2)cc(Cl)n1. The Balaban J connectivity index is 1.94. The molecule has 106 valence electrons. The first-order valence-corrected chi connectivity index (χ1v) is 6.60. The van der Waals surface area contributed by atoms with E-state index in [-0.39, 0.29) is 11.1 Å². The molecule has 20 heavy (non-hydrogen) atoms. The van der Waals surface area contributed by atoms with Crippen molar-refractivity contribution < 1.29 is 4.79 Å². The zero-order valence-electron chi connectivity index (χ0n) is 11.0. The maximum absolute atomic E-state index is 12.0. The number of pyridine rings is 1. The average molecular weight is 295 g/mol. The molecular weight excluding hydrogens is 280 g/mol. The molecule has 1 amide bonds. The summed E-state index contributed by atoms with van der Waals surface area (Å²) in [6.45, 7) is 3.67. The predicted octanol–water partition coefficient (Wildman–Crippen LogP) is 1.19. The summed E-state index contributed by atoms with van der Waals surface area (Å²) in [5.74, 6) is 0.384. The summed E-state index contributed by atoms with van der Waals surface area (Å²) in [5.41, 5.74) is 0.472. The van der Waals surface area contributed by atoms with Crippen molar-refractivity contribution in [2.24, 2.45) is 0 Å². The molecule has 0 aliphatic carbocycles. The third-order valence-electron chi connectivity index (χ3n) is 2.51. The zero-order valence-corrected chi connectivity index (χ0v) is 11.8. The molecule has 0 unspecified atom stereocenters. The average Bonchev–Trinajstić information content (AvgIpc) is 2.91. The van der Waals surface area contributed by atoms with Crippen LogP contribution in [0.4, 0.5) is 5.82 Å². The van der Waals surface area contributed by atoms with Gasteiger partial charge in [0.05, 0.1) is 12.7 Å². The summed E-state index contributed by atoms with van der Waals surface area (Å²) in [5, 5.41) is 13.6. The molecule has 0 aromatic carbocycles. The third-order valence-corrected chi connectivity index (χ3v) is 2.71. The second-order valence-electron chi connectivity index (χ2n) is 4.02. The minimum absolute atomic E-state index is 0.200. The molecule has 0 spiro atoms. The molecular formula is C12H15ClN6O. The highest BCUT2D eigenvalue weighted by atomic mass is 35.5. The Morgan fingerprint density at radius 2 is 2.30 bits per heavy atom. The quantitative estimate of drug-likeness (QED) is 0.782. The Hall–Kier alpha value is -2.15. The Bertz CT molecular complexity index is 571. The lowest BCUT2D eigenvalue weighted by atomic mass is 10.2. The number of rotatable bonds is 6. The van der Waals surface area contributed by atoms with E-state index in [1.807, 2.05) is 6.92 Å². The lowest BCUT2D eigenvalue weighted by molar-refractivity contribution is 0.0952. The maximum atomic E-state index is 12.0. The van der Waals surface area contributed by atoms with Gasteiger partial charge in [0.25, 0.3) is 5.91 Å². The molecule has 0 aliphatic rings. The molecule has 2 aromatic heterocycles. The minimum Gasteiger partial charge on any atom is -0.370 e. The van der Waals surface area contributed by atoms with Crippen molar-refractivity contribution >= 4 is 23.3 Å². The van der Waals surface area contributed by atoms with Crippen molar-refractivity contribution in [3.63, 3.8) is 0 Å². The van der Waals surface area contributed by atoms with Crippen LogP contribution in [0.3, 0.4) is 0 Å². The maximum Gasteiger partial charge on any atom is 0.251 e. The van der Waals surface area contributed by atoms with E-state index in [1.165, 1.54) is 6.07 Å². The number of nitrogens with zero attached hydrogens (tertiary/aromatic N) is 4. The number of hydrogen-bond acceptors (Lipinski definition) is 5. The van der Waals surface area contributed by atoms with Gasteiger partial charge in [0.2, 0.25) is 0 Å². The normalized spacial score (nSPS) is 10.3. The largest absolute Gasteiger partial charge is 0.370 e. The molecule has 0 bridgehead atoms. The first-order chi connectivity index (χ1) is 9.69. The van der Waals surface area contributed by atoms with Gasteiger partial charge in [-0.2, -0.15) is 0 Å². The molecule has 0 saturated carbocycles. The van der Waals surface area contributed by atoms with Crippen LogP contribution in [-0.4, -0.2) is 39.0 Å². The van der Waals surface area contributed by atoms with Crippen molar-refractivity contribution in [1.29, 1.82) is 0 Å². The Labute approximate surface area is 121 Å². The summed E-state index contributed by atoms with van der Waals surface area (Å²) in [7, 11) is 0. The fourth-order valence-corrected chi connectivity index (χ4v) is 1.85. The summed E-state index contributed by atoms with van der Waals surface area (Å²) in [4.78, 5) is 16.1. The molecule has 2 heterocycles. The molecule has 2 rings (SSSR count). The monoisotopic (exact) mass is 294 g/mol. The Kier molecular flexibility index (Phi) is 4.89. The second-order valence-corrected chi connectivity index (χ2v) is 4.40. The number of carbonyl (C=O) groups excluding carboxylic acids is 1. The first-order valence-electron chi connectivity index (χ1n) is 6.23. The lowest BCUT2D eigenvalue weighted by Crippen LogP contribution is -2.27. The van der Waals surface area contributed by atoms with Crippen molar-refractivity contribution in [2.45, 2.75) is 13.5 Å². The Morgan fingerprint density at radius 3 is 3.00 bits per heavy atom. The van der Waals surface area contributed by atoms with Gasteiger partial charge < -0.3 is 10.6 Å². The molecule has 2 N–H and O–H groups in total. The van der Waals surface area contributed by atoms with Crippen LogP contribution in [-0.2, 0) is 6.54 Å². The molecule has 0 fully saturated rings. The van der Waals surface area contributed by atoms with Gasteiger partial charge in [0.1, 0.15) is 11.0 Å². The van der Waals surface area contributed by atoms with Gasteiger partial charge in [0.15, 0.2) is 0 Å². The molecule has 0 aliphatic heterocycles. The van der Waals surface area contributed by atoms with Crippen molar-refractivity contribution in [3.05, 3.63) is 35.2 Å². The van der Waals surface area contributed by atoms with E-state index in [4.69, 9.17) is 11.6 Å². The Morgan fingerprint density at radius 1 is 1.45 bits per heavy atom. The van der Waals surface area contributed by atoms with Crippen LogP contribution >= 0.6 is 11.6 Å². The number of nitrogens with one attached hydrogen (secondary N) is 2. The predicted molar refractivity (Wildman–Crippen MR) is 75.8 cm³/mol. The lowest BCUT2D eigenvalue weighted by Gasteiger charge is -2.08. The van der Waals surface area contributed by atoms with E-state index in [0.717, 1.165) is 0 Å². The number of hydrogen-bond donors (Lipinski definition) is 2. The number of aromatic nitrogens is 4. The highest BCUT2D eigenvalue weighted by molar-refractivity contribution is 6.29. The van der Waals surface area contributed by atoms with Crippen LogP contribution in [0.1, 0.15) is 17.3 Å². The number of amides is 1. The zero-order chi connectivity index (χ0) is 14.4. The van der Waals surface area contributed by atoms with E-state index >= 15 is 0 Å². The summed E-state index contributed by atoms with van der Waals surface area (Å²) >= 11 is 5.89. The standard InChI is InChI=1S/C12H15ClN6O/c1-2-14-11-8-9(7-10(13)17-11)12(20)15-3-5-19-6-4-16-18-19/h4,6-8H,2-3,5H2,1H3,(H,14,17)(H,15,20). The topological polar surface area (TPSA) is 84.7 Å². The summed E-state index contributed by atoms with van der Waals surface area (Å²) in [6, 6.07) is 3.20. The summed E-state index contributed by atoms with van der Waals surface area (Å²) in [6.07, 6.45) is 3.33. The van der Waals surface area contributed by atoms with E-state index in [1.54, 1.807) is 23.1 Å². The third kappa shape index (κ3) is 3.92. The van der Waals surface area contributed by atoms with Gasteiger partial charge in [-0.3, -0.25) is 9.48 Å². The summed E-state index contributed by atoms with van der Waals surface area (Å²) < 4.78 is 1.64. The fraction of sp³-hybridized carbons (Fsp3) is 0.333. The van der Waals surface area contributed by atoms with E-state index in [0.29, 0.717) is 31.0 Å². The number of halogens is 1. The van der Waals surface area contributed by atoms with Gasteiger partial charge in [-0.1, -0.05) is 16.8 Å². The van der Waals surface area contributed by atoms with E-state index in [2.05, 4.69) is 25.9 Å². The highest BCUT2D eigenvalue weighted by Gasteiger charge is 2.08. The van der Waals surface area contributed by atoms with E-state index in [9.17, 15) is 4.79 Å². The number of anilines is 1. The molecule has 8 heteroatoms. The van der Waals surface area contributed by atoms with Crippen LogP contribution in [0.25, 0.3) is 0 Å². The van der Waals surface area contributed by atoms with Crippen LogP contribution in [0.5, 0.6) is 0 Å². The highest BCUT2D eigenvalue weighted by Crippen LogP contribution is 2.14. The van der Waals surface area contributed by atoms with Crippen molar-refractivity contribution in [1.82, 2.24) is 25.3 Å². The first kappa shape index (κ1) is 14.3. The van der Waals surface area contributed by atoms with Crippen molar-refractivity contribution in [3.8, 4) is 0 Å². The fourth-order valence-electron chi connectivity index (χ4n) is 1.64. The van der Waals surface area contributed by atoms with E-state index < -0.39 is 0 Å². The minimum atomic E-state index is -0.200. The van der Waals surface area contributed by atoms with Gasteiger partial charge in [-0.25, -0.2) is 4.98 Å². The molecule has 2 aromatic rings. The van der Waals surface area contributed by atoms with Gasteiger partial charge in [0, 0.05) is 24.8 Å². The van der Waals surface area contributed by atoms with Gasteiger partial charge in [-0.15, -0.1) is 5.10 Å². The molecule has 0 saturated heterocycles. The molecule has 7 nitrogen and oxygen atoms in total. The van der Waals surface area contributed by atoms with Crippen LogP contribution in [0.15, 0.2) is 24.5 Å². The van der Waals surface area contributed by atoms with Gasteiger partial charge >= 0.3 is 0 Å². The van der Waals surface area contributed by atoms with Crippen molar-refractivity contribution in [2.75, 3.05) is 18.4 Å². The molecule has 0 radical (unpaired) electrons. The number of carbonyl (C=O) groups is 1.